The van der Waals surface area contributed by atoms with Crippen LogP contribution >= 0.6 is 0 Å². The number of rotatable bonds is 6. The van der Waals surface area contributed by atoms with Crippen LogP contribution in [0.3, 0.4) is 0 Å². The summed E-state index contributed by atoms with van der Waals surface area (Å²) in [7, 11) is 0. The van der Waals surface area contributed by atoms with Crippen molar-refractivity contribution in [3.05, 3.63) is 70.6 Å². The number of carbonyl (C=O) groups is 2. The van der Waals surface area contributed by atoms with Gasteiger partial charge in [0, 0.05) is 24.0 Å². The van der Waals surface area contributed by atoms with Crippen LogP contribution in [0.15, 0.2) is 42.7 Å². The summed E-state index contributed by atoms with van der Waals surface area (Å²) in [5.41, 5.74) is 5.02. The SMILES string of the molecule is Cc1cc(C)c(/C=C/C(=O)OCCNC(=O)c2ccncc2)cc1C. The van der Waals surface area contributed by atoms with Gasteiger partial charge in [-0.05, 0) is 61.2 Å². The number of ether oxygens (including phenoxy) is 1. The lowest BCUT2D eigenvalue weighted by atomic mass is 10.0. The Balaban J connectivity index is 1.77. The molecule has 0 spiro atoms. The molecular weight excluding hydrogens is 316 g/mol. The molecule has 0 saturated heterocycles. The van der Waals surface area contributed by atoms with Gasteiger partial charge in [0.1, 0.15) is 6.61 Å². The van der Waals surface area contributed by atoms with Crippen LogP contribution in [0.5, 0.6) is 0 Å². The number of esters is 1. The maximum atomic E-state index is 11.8. The van der Waals surface area contributed by atoms with E-state index < -0.39 is 5.97 Å². The molecule has 0 atom stereocenters. The Bertz CT molecular complexity index is 783. The lowest BCUT2D eigenvalue weighted by molar-refractivity contribution is -0.137. The van der Waals surface area contributed by atoms with Crippen molar-refractivity contribution in [3.8, 4) is 0 Å². The van der Waals surface area contributed by atoms with Gasteiger partial charge in [0.2, 0.25) is 0 Å². The molecule has 0 fully saturated rings. The van der Waals surface area contributed by atoms with Crippen molar-refractivity contribution in [2.24, 2.45) is 0 Å². The first-order valence-electron chi connectivity index (χ1n) is 8.08. The number of amides is 1. The van der Waals surface area contributed by atoms with Gasteiger partial charge in [-0.25, -0.2) is 4.79 Å². The molecule has 25 heavy (non-hydrogen) atoms. The van der Waals surface area contributed by atoms with E-state index in [1.54, 1.807) is 30.6 Å². The molecule has 0 aliphatic carbocycles. The van der Waals surface area contributed by atoms with E-state index in [-0.39, 0.29) is 19.1 Å². The van der Waals surface area contributed by atoms with Gasteiger partial charge in [0.15, 0.2) is 0 Å². The van der Waals surface area contributed by atoms with Crippen molar-refractivity contribution < 1.29 is 14.3 Å². The smallest absolute Gasteiger partial charge is 0.330 e. The van der Waals surface area contributed by atoms with Crippen LogP contribution in [0.4, 0.5) is 0 Å². The standard InChI is InChI=1S/C20H22N2O3/c1-14-12-16(3)18(13-15(14)2)4-5-19(23)25-11-10-22-20(24)17-6-8-21-9-7-17/h4-9,12-13H,10-11H2,1-3H3,(H,22,24)/b5-4+. The number of hydrogen-bond acceptors (Lipinski definition) is 4. The Morgan fingerprint density at radius 2 is 1.76 bits per heavy atom. The number of carbonyl (C=O) groups excluding carboxylic acids is 2. The molecule has 1 amide bonds. The Labute approximate surface area is 147 Å². The number of aryl methyl sites for hydroxylation is 3. The molecule has 0 unspecified atom stereocenters. The maximum absolute atomic E-state index is 11.8. The number of aromatic nitrogens is 1. The molecule has 2 aromatic rings. The molecule has 1 aromatic carbocycles. The Hall–Kier alpha value is -2.95. The fraction of sp³-hybridized carbons (Fsp3) is 0.250. The van der Waals surface area contributed by atoms with Gasteiger partial charge in [0.25, 0.3) is 5.91 Å². The highest BCUT2D eigenvalue weighted by Crippen LogP contribution is 2.16. The third kappa shape index (κ3) is 5.57. The summed E-state index contributed by atoms with van der Waals surface area (Å²) < 4.78 is 5.09. The van der Waals surface area contributed by atoms with Crippen LogP contribution < -0.4 is 5.32 Å². The highest BCUT2D eigenvalue weighted by atomic mass is 16.5. The first kappa shape index (κ1) is 18.4. The number of pyridine rings is 1. The summed E-state index contributed by atoms with van der Waals surface area (Å²) in [6.07, 6.45) is 6.25. The third-order valence-corrected chi connectivity index (χ3v) is 3.86. The van der Waals surface area contributed by atoms with Gasteiger partial charge >= 0.3 is 5.97 Å². The first-order valence-corrected chi connectivity index (χ1v) is 8.08. The van der Waals surface area contributed by atoms with Gasteiger partial charge in [-0.15, -0.1) is 0 Å². The summed E-state index contributed by atoms with van der Waals surface area (Å²) in [5, 5.41) is 2.68. The molecule has 0 radical (unpaired) electrons. The van der Waals surface area contributed by atoms with E-state index in [2.05, 4.69) is 23.3 Å². The topological polar surface area (TPSA) is 68.3 Å². The van der Waals surface area contributed by atoms with Crippen molar-refractivity contribution in [1.82, 2.24) is 10.3 Å². The third-order valence-electron chi connectivity index (χ3n) is 3.86. The minimum Gasteiger partial charge on any atom is -0.461 e. The molecule has 2 rings (SSSR count). The molecule has 0 aliphatic heterocycles. The van der Waals surface area contributed by atoms with Crippen LogP contribution in [-0.2, 0) is 9.53 Å². The number of nitrogens with zero attached hydrogens (tertiary/aromatic N) is 1. The predicted molar refractivity (Wildman–Crippen MR) is 97.2 cm³/mol. The minimum atomic E-state index is -0.434. The zero-order valence-corrected chi connectivity index (χ0v) is 14.7. The Morgan fingerprint density at radius 1 is 1.08 bits per heavy atom. The zero-order valence-electron chi connectivity index (χ0n) is 14.7. The fourth-order valence-electron chi connectivity index (χ4n) is 2.29. The van der Waals surface area contributed by atoms with Gasteiger partial charge in [-0.2, -0.15) is 0 Å². The second-order valence-electron chi connectivity index (χ2n) is 5.79. The summed E-state index contributed by atoms with van der Waals surface area (Å²) in [6, 6.07) is 7.38. The molecule has 0 aliphatic rings. The summed E-state index contributed by atoms with van der Waals surface area (Å²) in [5.74, 6) is -0.657. The number of nitrogens with one attached hydrogen (secondary N) is 1. The van der Waals surface area contributed by atoms with Crippen LogP contribution in [0.1, 0.15) is 32.6 Å². The first-order chi connectivity index (χ1) is 12.0. The monoisotopic (exact) mass is 338 g/mol. The van der Waals surface area contributed by atoms with E-state index in [4.69, 9.17) is 4.74 Å². The van der Waals surface area contributed by atoms with Gasteiger partial charge in [-0.1, -0.05) is 12.1 Å². The molecule has 5 heteroatoms. The van der Waals surface area contributed by atoms with Gasteiger partial charge in [-0.3, -0.25) is 9.78 Å². The summed E-state index contributed by atoms with van der Waals surface area (Å²) in [4.78, 5) is 27.4. The van der Waals surface area contributed by atoms with Gasteiger partial charge < -0.3 is 10.1 Å². The molecule has 5 nitrogen and oxygen atoms in total. The van der Waals surface area contributed by atoms with Crippen LogP contribution in [0.2, 0.25) is 0 Å². The van der Waals surface area contributed by atoms with Crippen molar-refractivity contribution in [2.45, 2.75) is 20.8 Å². The number of hydrogen-bond donors (Lipinski definition) is 1. The predicted octanol–water partition coefficient (Wildman–Crippen LogP) is 2.99. The van der Waals surface area contributed by atoms with Crippen LogP contribution in [-0.4, -0.2) is 30.0 Å². The molecule has 1 aromatic heterocycles. The molecule has 1 N–H and O–H groups in total. The van der Waals surface area contributed by atoms with Crippen molar-refractivity contribution in [2.75, 3.05) is 13.2 Å². The van der Waals surface area contributed by atoms with Crippen molar-refractivity contribution in [1.29, 1.82) is 0 Å². The van der Waals surface area contributed by atoms with E-state index in [0.29, 0.717) is 5.56 Å². The Morgan fingerprint density at radius 3 is 2.48 bits per heavy atom. The number of benzene rings is 1. The van der Waals surface area contributed by atoms with E-state index in [9.17, 15) is 9.59 Å². The van der Waals surface area contributed by atoms with Crippen LogP contribution in [0.25, 0.3) is 6.08 Å². The van der Waals surface area contributed by atoms with E-state index in [1.165, 1.54) is 17.2 Å². The Kier molecular flexibility index (Phi) is 6.46. The normalized spacial score (nSPS) is 10.7. The average Bonchev–Trinajstić information content (AvgIpc) is 2.61. The lowest BCUT2D eigenvalue weighted by Crippen LogP contribution is -2.27. The second kappa shape index (κ2) is 8.78. The fourth-order valence-corrected chi connectivity index (χ4v) is 2.29. The molecule has 0 saturated carbocycles. The second-order valence-corrected chi connectivity index (χ2v) is 5.79. The van der Waals surface area contributed by atoms with E-state index >= 15 is 0 Å². The maximum Gasteiger partial charge on any atom is 0.330 e. The molecule has 1 heterocycles. The average molecular weight is 338 g/mol. The quantitative estimate of drug-likeness (QED) is 0.499. The molecule has 130 valence electrons. The van der Waals surface area contributed by atoms with E-state index in [0.717, 1.165) is 11.1 Å². The van der Waals surface area contributed by atoms with Crippen molar-refractivity contribution >= 4 is 18.0 Å². The zero-order chi connectivity index (χ0) is 18.2. The minimum absolute atomic E-state index is 0.117. The van der Waals surface area contributed by atoms with E-state index in [1.807, 2.05) is 19.9 Å². The summed E-state index contributed by atoms with van der Waals surface area (Å²) >= 11 is 0. The largest absolute Gasteiger partial charge is 0.461 e. The highest BCUT2D eigenvalue weighted by Gasteiger charge is 2.05. The molecule has 0 bridgehead atoms. The summed E-state index contributed by atoms with van der Waals surface area (Å²) in [6.45, 7) is 6.47. The molecular formula is C20H22N2O3. The van der Waals surface area contributed by atoms with Crippen molar-refractivity contribution in [3.63, 3.8) is 0 Å². The highest BCUT2D eigenvalue weighted by molar-refractivity contribution is 5.94. The van der Waals surface area contributed by atoms with Gasteiger partial charge in [0.05, 0.1) is 6.54 Å². The van der Waals surface area contributed by atoms with Crippen LogP contribution in [0, 0.1) is 20.8 Å². The lowest BCUT2D eigenvalue weighted by Gasteiger charge is -2.07.